The fourth-order valence-electron chi connectivity index (χ4n) is 3.31. The van der Waals surface area contributed by atoms with Crippen molar-refractivity contribution in [1.29, 1.82) is 0 Å². The minimum Gasteiger partial charge on any atom is -0.304 e. The van der Waals surface area contributed by atoms with Crippen LogP contribution in [0.5, 0.6) is 0 Å². The first-order valence-electron chi connectivity index (χ1n) is 8.84. The molecule has 5 heteroatoms. The van der Waals surface area contributed by atoms with Crippen molar-refractivity contribution in [3.05, 3.63) is 35.4 Å². The summed E-state index contributed by atoms with van der Waals surface area (Å²) in [7, 11) is 2.16. The van der Waals surface area contributed by atoms with Gasteiger partial charge in [0, 0.05) is 25.7 Å². The molecule has 1 saturated heterocycles. The lowest BCUT2D eigenvalue weighted by Gasteiger charge is -2.35. The molecular weight excluding hydrogens is 313 g/mol. The second-order valence-corrected chi connectivity index (χ2v) is 7.29. The maximum atomic E-state index is 12.8. The van der Waals surface area contributed by atoms with Crippen LogP contribution in [-0.2, 0) is 12.6 Å². The number of nitrogens with zero attached hydrogens (tertiary/aromatic N) is 2. The molecule has 1 atom stereocenters. The van der Waals surface area contributed by atoms with Crippen molar-refractivity contribution in [1.82, 2.24) is 9.80 Å². The van der Waals surface area contributed by atoms with E-state index in [1.165, 1.54) is 25.0 Å². The molecule has 1 aromatic rings. The Kier molecular flexibility index (Phi) is 6.70. The maximum Gasteiger partial charge on any atom is 0.416 e. The van der Waals surface area contributed by atoms with Gasteiger partial charge in [-0.25, -0.2) is 0 Å². The Balaban J connectivity index is 1.86. The number of piperidine rings is 1. The van der Waals surface area contributed by atoms with Gasteiger partial charge in [-0.3, -0.25) is 0 Å². The lowest BCUT2D eigenvalue weighted by Crippen LogP contribution is -2.42. The van der Waals surface area contributed by atoms with E-state index in [0.29, 0.717) is 18.4 Å². The summed E-state index contributed by atoms with van der Waals surface area (Å²) in [5.74, 6) is 0.660. The summed E-state index contributed by atoms with van der Waals surface area (Å²) in [6.07, 6.45) is -1.15. The van der Waals surface area contributed by atoms with E-state index in [2.05, 4.69) is 30.7 Å². The van der Waals surface area contributed by atoms with Crippen molar-refractivity contribution >= 4 is 0 Å². The van der Waals surface area contributed by atoms with Gasteiger partial charge in [0.15, 0.2) is 0 Å². The molecule has 0 saturated carbocycles. The van der Waals surface area contributed by atoms with E-state index in [-0.39, 0.29) is 0 Å². The normalized spacial score (nSPS) is 20.1. The fourth-order valence-corrected chi connectivity index (χ4v) is 3.31. The molecule has 1 heterocycles. The second kappa shape index (κ2) is 8.34. The first-order chi connectivity index (χ1) is 11.3. The van der Waals surface area contributed by atoms with E-state index in [9.17, 15) is 13.2 Å². The number of hydrogen-bond acceptors (Lipinski definition) is 2. The van der Waals surface area contributed by atoms with Crippen LogP contribution < -0.4 is 0 Å². The highest BCUT2D eigenvalue weighted by Gasteiger charge is 2.30. The quantitative estimate of drug-likeness (QED) is 0.760. The monoisotopic (exact) mass is 342 g/mol. The number of benzene rings is 1. The molecule has 1 aromatic carbocycles. The predicted molar refractivity (Wildman–Crippen MR) is 92.1 cm³/mol. The summed E-state index contributed by atoms with van der Waals surface area (Å²) >= 11 is 0. The first-order valence-corrected chi connectivity index (χ1v) is 8.84. The zero-order valence-electron chi connectivity index (χ0n) is 14.9. The molecule has 0 aromatic heterocycles. The summed E-state index contributed by atoms with van der Waals surface area (Å²) in [5, 5.41) is 0. The lowest BCUT2D eigenvalue weighted by atomic mass is 9.96. The zero-order valence-corrected chi connectivity index (χ0v) is 14.9. The summed E-state index contributed by atoms with van der Waals surface area (Å²) in [6, 6.07) is 6.28. The van der Waals surface area contributed by atoms with Crippen LogP contribution in [0.25, 0.3) is 0 Å². The van der Waals surface area contributed by atoms with Crippen molar-refractivity contribution in [2.45, 2.75) is 45.3 Å². The van der Waals surface area contributed by atoms with Crippen LogP contribution in [-0.4, -0.2) is 49.1 Å². The molecule has 1 fully saturated rings. The van der Waals surface area contributed by atoms with E-state index in [1.54, 1.807) is 6.07 Å². The molecule has 0 amide bonds. The third-order valence-corrected chi connectivity index (χ3v) is 5.00. The number of hydrogen-bond donors (Lipinski definition) is 0. The van der Waals surface area contributed by atoms with Gasteiger partial charge in [-0.2, -0.15) is 13.2 Å². The van der Waals surface area contributed by atoms with Gasteiger partial charge in [-0.1, -0.05) is 18.2 Å². The average Bonchev–Trinajstić information content (AvgIpc) is 2.52. The average molecular weight is 342 g/mol. The van der Waals surface area contributed by atoms with E-state index < -0.39 is 11.7 Å². The lowest BCUT2D eigenvalue weighted by molar-refractivity contribution is -0.137. The summed E-state index contributed by atoms with van der Waals surface area (Å²) in [4.78, 5) is 4.78. The smallest absolute Gasteiger partial charge is 0.304 e. The fraction of sp³-hybridized carbons (Fsp3) is 0.684. The third kappa shape index (κ3) is 5.78. The molecule has 1 aliphatic heterocycles. The molecule has 1 aliphatic rings. The molecule has 0 bridgehead atoms. The minimum atomic E-state index is -4.26. The molecule has 2 nitrogen and oxygen atoms in total. The van der Waals surface area contributed by atoms with Crippen LogP contribution >= 0.6 is 0 Å². The van der Waals surface area contributed by atoms with Crippen LogP contribution in [0.1, 0.15) is 37.8 Å². The van der Waals surface area contributed by atoms with Crippen LogP contribution in [0, 0.1) is 5.92 Å². The highest BCUT2D eigenvalue weighted by atomic mass is 19.4. The van der Waals surface area contributed by atoms with E-state index in [1.807, 2.05) is 0 Å². The third-order valence-electron chi connectivity index (χ3n) is 5.00. The number of halogens is 3. The van der Waals surface area contributed by atoms with Gasteiger partial charge in [0.05, 0.1) is 5.56 Å². The van der Waals surface area contributed by atoms with Gasteiger partial charge < -0.3 is 9.80 Å². The molecule has 0 N–H and O–H groups in total. The van der Waals surface area contributed by atoms with Gasteiger partial charge >= 0.3 is 6.18 Å². The summed E-state index contributed by atoms with van der Waals surface area (Å²) in [5.41, 5.74) is 0.223. The highest BCUT2D eigenvalue weighted by Crippen LogP contribution is 2.29. The maximum absolute atomic E-state index is 12.8. The largest absolute Gasteiger partial charge is 0.416 e. The van der Waals surface area contributed by atoms with Crippen LogP contribution in [0.2, 0.25) is 0 Å². The number of likely N-dealkylation sites (tertiary alicyclic amines) is 1. The SMILES string of the molecule is CC(C)N(C)CC1CCCN(CCc2cccc(C(F)(F)F)c2)C1. The Morgan fingerprint density at radius 1 is 1.29 bits per heavy atom. The van der Waals surface area contributed by atoms with Crippen molar-refractivity contribution in [2.75, 3.05) is 33.2 Å². The minimum absolute atomic E-state index is 0.546. The number of rotatable bonds is 6. The Labute approximate surface area is 143 Å². The molecule has 1 unspecified atom stereocenters. The van der Waals surface area contributed by atoms with Crippen LogP contribution in [0.3, 0.4) is 0 Å². The van der Waals surface area contributed by atoms with Crippen molar-refractivity contribution < 1.29 is 13.2 Å². The van der Waals surface area contributed by atoms with Crippen molar-refractivity contribution in [3.8, 4) is 0 Å². The van der Waals surface area contributed by atoms with Crippen molar-refractivity contribution in [3.63, 3.8) is 0 Å². The Hall–Kier alpha value is -1.07. The van der Waals surface area contributed by atoms with Gasteiger partial charge in [0.2, 0.25) is 0 Å². The molecule has 2 rings (SSSR count). The zero-order chi connectivity index (χ0) is 17.7. The van der Waals surface area contributed by atoms with Gasteiger partial charge in [0.25, 0.3) is 0 Å². The van der Waals surface area contributed by atoms with E-state index in [4.69, 9.17) is 0 Å². The number of alkyl halides is 3. The molecule has 24 heavy (non-hydrogen) atoms. The van der Waals surface area contributed by atoms with Crippen LogP contribution in [0.15, 0.2) is 24.3 Å². The highest BCUT2D eigenvalue weighted by molar-refractivity contribution is 5.25. The van der Waals surface area contributed by atoms with Crippen molar-refractivity contribution in [2.24, 2.45) is 5.92 Å². The van der Waals surface area contributed by atoms with Crippen LogP contribution in [0.4, 0.5) is 13.2 Å². The molecule has 136 valence electrons. The van der Waals surface area contributed by atoms with Gasteiger partial charge in [-0.05, 0) is 64.3 Å². The molecule has 0 aliphatic carbocycles. The van der Waals surface area contributed by atoms with Gasteiger partial charge in [-0.15, -0.1) is 0 Å². The Bertz CT molecular complexity index is 514. The molecular formula is C19H29F3N2. The Morgan fingerprint density at radius 3 is 2.71 bits per heavy atom. The van der Waals surface area contributed by atoms with Gasteiger partial charge in [0.1, 0.15) is 0 Å². The summed E-state index contributed by atoms with van der Waals surface area (Å²) < 4.78 is 38.4. The first kappa shape index (κ1) is 19.3. The molecule has 0 radical (unpaired) electrons. The second-order valence-electron chi connectivity index (χ2n) is 7.29. The van der Waals surface area contributed by atoms with E-state index >= 15 is 0 Å². The summed E-state index contributed by atoms with van der Waals surface area (Å²) in [6.45, 7) is 8.44. The standard InChI is InChI=1S/C19H29F3N2/c1-15(2)23(3)13-17-7-5-10-24(14-17)11-9-16-6-4-8-18(12-16)19(20,21)22/h4,6,8,12,15,17H,5,7,9-11,13-14H2,1-3H3. The topological polar surface area (TPSA) is 6.48 Å². The molecule has 0 spiro atoms. The van der Waals surface area contributed by atoms with E-state index in [0.717, 1.165) is 37.8 Å². The predicted octanol–water partition coefficient (Wildman–Crippen LogP) is 4.30. The Morgan fingerprint density at radius 2 is 2.04 bits per heavy atom.